The van der Waals surface area contributed by atoms with Crippen molar-refractivity contribution in [3.63, 3.8) is 0 Å². The van der Waals surface area contributed by atoms with Gasteiger partial charge in [-0.05, 0) is 24.9 Å². The summed E-state index contributed by atoms with van der Waals surface area (Å²) in [4.78, 5) is 13.4. The lowest BCUT2D eigenvalue weighted by molar-refractivity contribution is -0.123. The minimum absolute atomic E-state index is 0.0659. The maximum atomic E-state index is 11.3. The molecular weight excluding hydrogens is 238 g/mol. The molecular formula is C15H19N3O. The van der Waals surface area contributed by atoms with Gasteiger partial charge in [0.2, 0.25) is 5.91 Å². The van der Waals surface area contributed by atoms with Crippen LogP contribution in [0.2, 0.25) is 0 Å². The van der Waals surface area contributed by atoms with Gasteiger partial charge in [0.05, 0.1) is 17.9 Å². The standard InChI is InChI=1S/C15H19N3O/c16-9-14(12-5-2-1-3-6-12)11-18-8-4-7-13(10-18)15(17)19/h1-3,5-6,13-14H,4,7-8,10-11H2,(H2,17,19). The van der Waals surface area contributed by atoms with Gasteiger partial charge >= 0.3 is 0 Å². The van der Waals surface area contributed by atoms with Crippen molar-refractivity contribution in [2.45, 2.75) is 18.8 Å². The van der Waals surface area contributed by atoms with Gasteiger partial charge in [-0.2, -0.15) is 5.26 Å². The number of nitriles is 1. The molecule has 1 aliphatic rings. The molecule has 100 valence electrons. The van der Waals surface area contributed by atoms with Gasteiger partial charge in [0.1, 0.15) is 0 Å². The minimum atomic E-state index is -0.224. The molecule has 1 aromatic carbocycles. The number of carbonyl (C=O) groups excluding carboxylic acids is 1. The molecule has 1 amide bonds. The Hall–Kier alpha value is -1.86. The van der Waals surface area contributed by atoms with Gasteiger partial charge in [0.25, 0.3) is 0 Å². The number of nitrogens with two attached hydrogens (primary N) is 1. The number of hydrogen-bond donors (Lipinski definition) is 1. The van der Waals surface area contributed by atoms with E-state index >= 15 is 0 Å². The number of nitrogens with zero attached hydrogens (tertiary/aromatic N) is 2. The van der Waals surface area contributed by atoms with Crippen LogP contribution >= 0.6 is 0 Å². The molecule has 4 heteroatoms. The summed E-state index contributed by atoms with van der Waals surface area (Å²) in [6, 6.07) is 12.1. The molecule has 1 saturated heterocycles. The predicted molar refractivity (Wildman–Crippen MR) is 73.2 cm³/mol. The van der Waals surface area contributed by atoms with Crippen LogP contribution in [0.15, 0.2) is 30.3 Å². The molecule has 1 aliphatic heterocycles. The van der Waals surface area contributed by atoms with Crippen molar-refractivity contribution in [3.8, 4) is 6.07 Å². The molecule has 0 radical (unpaired) electrons. The van der Waals surface area contributed by atoms with Crippen LogP contribution in [0.5, 0.6) is 0 Å². The summed E-state index contributed by atoms with van der Waals surface area (Å²) < 4.78 is 0. The van der Waals surface area contributed by atoms with Crippen molar-refractivity contribution in [2.75, 3.05) is 19.6 Å². The van der Waals surface area contributed by atoms with Crippen LogP contribution in [0, 0.1) is 17.2 Å². The second-order valence-corrected chi connectivity index (χ2v) is 5.09. The number of carbonyl (C=O) groups is 1. The molecule has 0 aromatic heterocycles. The van der Waals surface area contributed by atoms with Crippen LogP contribution in [-0.4, -0.2) is 30.4 Å². The van der Waals surface area contributed by atoms with Crippen LogP contribution in [0.25, 0.3) is 0 Å². The van der Waals surface area contributed by atoms with Gasteiger partial charge in [-0.1, -0.05) is 30.3 Å². The van der Waals surface area contributed by atoms with Crippen molar-refractivity contribution >= 4 is 5.91 Å². The molecule has 1 fully saturated rings. The molecule has 19 heavy (non-hydrogen) atoms. The van der Waals surface area contributed by atoms with E-state index in [1.807, 2.05) is 30.3 Å². The van der Waals surface area contributed by atoms with Crippen molar-refractivity contribution in [2.24, 2.45) is 11.7 Å². The highest BCUT2D eigenvalue weighted by Gasteiger charge is 2.25. The first-order valence-electron chi connectivity index (χ1n) is 6.67. The highest BCUT2D eigenvalue weighted by molar-refractivity contribution is 5.76. The molecule has 2 rings (SSSR count). The predicted octanol–water partition coefficient (Wildman–Crippen LogP) is 1.49. The van der Waals surface area contributed by atoms with E-state index in [9.17, 15) is 10.1 Å². The molecule has 1 heterocycles. The molecule has 0 spiro atoms. The molecule has 0 bridgehead atoms. The first kappa shape index (κ1) is 13.6. The second kappa shape index (κ2) is 6.35. The average molecular weight is 257 g/mol. The largest absolute Gasteiger partial charge is 0.369 e. The van der Waals surface area contributed by atoms with Crippen molar-refractivity contribution in [3.05, 3.63) is 35.9 Å². The zero-order valence-corrected chi connectivity index (χ0v) is 11.0. The Kier molecular flexibility index (Phi) is 4.53. The van der Waals surface area contributed by atoms with Crippen molar-refractivity contribution in [1.29, 1.82) is 5.26 Å². The summed E-state index contributed by atoms with van der Waals surface area (Å²) in [7, 11) is 0. The highest BCUT2D eigenvalue weighted by atomic mass is 16.1. The zero-order chi connectivity index (χ0) is 13.7. The van der Waals surface area contributed by atoms with E-state index in [1.54, 1.807) is 0 Å². The Morgan fingerprint density at radius 3 is 2.84 bits per heavy atom. The summed E-state index contributed by atoms with van der Waals surface area (Å²) >= 11 is 0. The fourth-order valence-electron chi connectivity index (χ4n) is 2.62. The molecule has 2 N–H and O–H groups in total. The van der Waals surface area contributed by atoms with E-state index in [0.29, 0.717) is 13.1 Å². The third kappa shape index (κ3) is 3.55. The van der Waals surface area contributed by atoms with E-state index in [0.717, 1.165) is 24.9 Å². The summed E-state index contributed by atoms with van der Waals surface area (Å²) in [5.74, 6) is -0.436. The Morgan fingerprint density at radius 1 is 1.47 bits per heavy atom. The minimum Gasteiger partial charge on any atom is -0.369 e. The summed E-state index contributed by atoms with van der Waals surface area (Å²) in [6.45, 7) is 2.29. The molecule has 2 atom stereocenters. The first-order valence-corrected chi connectivity index (χ1v) is 6.67. The number of primary amides is 1. The van der Waals surface area contributed by atoms with Gasteiger partial charge < -0.3 is 10.6 Å². The van der Waals surface area contributed by atoms with E-state index in [4.69, 9.17) is 5.73 Å². The Balaban J connectivity index is 1.99. The summed E-state index contributed by atoms with van der Waals surface area (Å²) in [5.41, 5.74) is 6.41. The summed E-state index contributed by atoms with van der Waals surface area (Å²) in [6.07, 6.45) is 1.84. The molecule has 0 saturated carbocycles. The van der Waals surface area contributed by atoms with Gasteiger partial charge in [-0.15, -0.1) is 0 Å². The monoisotopic (exact) mass is 257 g/mol. The first-order chi connectivity index (χ1) is 9.20. The van der Waals surface area contributed by atoms with Gasteiger partial charge in [0.15, 0.2) is 0 Å². The average Bonchev–Trinajstić information content (AvgIpc) is 2.46. The molecule has 4 nitrogen and oxygen atoms in total. The van der Waals surface area contributed by atoms with E-state index in [-0.39, 0.29) is 17.7 Å². The Labute approximate surface area is 113 Å². The topological polar surface area (TPSA) is 70.1 Å². The van der Waals surface area contributed by atoms with Crippen LogP contribution in [0.4, 0.5) is 0 Å². The zero-order valence-electron chi connectivity index (χ0n) is 11.0. The maximum Gasteiger partial charge on any atom is 0.221 e. The van der Waals surface area contributed by atoms with Crippen LogP contribution in [0.3, 0.4) is 0 Å². The molecule has 0 aliphatic carbocycles. The number of rotatable bonds is 4. The maximum absolute atomic E-state index is 11.3. The second-order valence-electron chi connectivity index (χ2n) is 5.09. The van der Waals surface area contributed by atoms with E-state index in [1.165, 1.54) is 0 Å². The molecule has 1 aromatic rings. The smallest absolute Gasteiger partial charge is 0.221 e. The third-order valence-electron chi connectivity index (χ3n) is 3.71. The number of hydrogen-bond acceptors (Lipinski definition) is 3. The molecule has 2 unspecified atom stereocenters. The Morgan fingerprint density at radius 2 is 2.21 bits per heavy atom. The SMILES string of the molecule is N#CC(CN1CCCC(C(N)=O)C1)c1ccccc1. The van der Waals surface area contributed by atoms with Gasteiger partial charge in [-0.3, -0.25) is 4.79 Å². The third-order valence-corrected chi connectivity index (χ3v) is 3.71. The fourth-order valence-corrected chi connectivity index (χ4v) is 2.62. The Bertz CT molecular complexity index is 466. The van der Waals surface area contributed by atoms with Gasteiger partial charge in [-0.25, -0.2) is 0 Å². The van der Waals surface area contributed by atoms with E-state index < -0.39 is 0 Å². The number of likely N-dealkylation sites (tertiary alicyclic amines) is 1. The van der Waals surface area contributed by atoms with Crippen LogP contribution < -0.4 is 5.73 Å². The lowest BCUT2D eigenvalue weighted by Crippen LogP contribution is -2.42. The lowest BCUT2D eigenvalue weighted by Gasteiger charge is -2.32. The van der Waals surface area contributed by atoms with Crippen LogP contribution in [0.1, 0.15) is 24.3 Å². The van der Waals surface area contributed by atoms with Crippen molar-refractivity contribution < 1.29 is 4.79 Å². The number of benzene rings is 1. The fraction of sp³-hybridized carbons (Fsp3) is 0.467. The quantitative estimate of drug-likeness (QED) is 0.888. The summed E-state index contributed by atoms with van der Waals surface area (Å²) in [5, 5.41) is 9.32. The van der Waals surface area contributed by atoms with Crippen LogP contribution in [-0.2, 0) is 4.79 Å². The van der Waals surface area contributed by atoms with Gasteiger partial charge in [0, 0.05) is 13.1 Å². The van der Waals surface area contributed by atoms with E-state index in [2.05, 4.69) is 11.0 Å². The highest BCUT2D eigenvalue weighted by Crippen LogP contribution is 2.21. The normalized spacial score (nSPS) is 21.5. The number of piperidine rings is 1. The lowest BCUT2D eigenvalue weighted by atomic mass is 9.94. The van der Waals surface area contributed by atoms with Crippen molar-refractivity contribution in [1.82, 2.24) is 4.90 Å². The number of amides is 1.